The zero-order chi connectivity index (χ0) is 24.2. The second kappa shape index (κ2) is 10.9. The molecule has 33 heavy (non-hydrogen) atoms. The van der Waals surface area contributed by atoms with Crippen LogP contribution in [0.5, 0.6) is 0 Å². The molecule has 1 N–H and O–H groups in total. The molecule has 0 aliphatic heterocycles. The van der Waals surface area contributed by atoms with Crippen LogP contribution in [0.25, 0.3) is 0 Å². The third-order valence-corrected chi connectivity index (χ3v) is 7.80. The summed E-state index contributed by atoms with van der Waals surface area (Å²) in [6.07, 6.45) is 5.25. The summed E-state index contributed by atoms with van der Waals surface area (Å²) in [7, 11) is 0.968. The van der Waals surface area contributed by atoms with Crippen molar-refractivity contribution in [1.29, 1.82) is 0 Å². The lowest BCUT2D eigenvalue weighted by molar-refractivity contribution is 0.0168. The quantitative estimate of drug-likeness (QED) is 0.600. The standard InChI is InChI=1S/C24H34FN3O4S/c1-17-12-23(24(29)28(4)15-17)20(14-26-33(30,31)27(2)3)16-32-22-10-8-18(9-11-22)19-6-5-7-21(25)13-19/h5-7,12-13,15,18,20,22,26H,8-11,14,16H2,1-4H3. The second-order valence-electron chi connectivity index (χ2n) is 9.08. The summed E-state index contributed by atoms with van der Waals surface area (Å²) in [4.78, 5) is 12.8. The highest BCUT2D eigenvalue weighted by atomic mass is 32.2. The Morgan fingerprint density at radius 3 is 2.55 bits per heavy atom. The van der Waals surface area contributed by atoms with Crippen molar-refractivity contribution in [1.82, 2.24) is 13.6 Å². The lowest BCUT2D eigenvalue weighted by Crippen LogP contribution is -2.40. The van der Waals surface area contributed by atoms with E-state index in [0.29, 0.717) is 11.5 Å². The monoisotopic (exact) mass is 479 g/mol. The van der Waals surface area contributed by atoms with Crippen molar-refractivity contribution >= 4 is 10.2 Å². The van der Waals surface area contributed by atoms with Gasteiger partial charge in [-0.25, -0.2) is 9.11 Å². The molecule has 0 radical (unpaired) electrons. The average Bonchev–Trinajstić information content (AvgIpc) is 2.77. The van der Waals surface area contributed by atoms with E-state index in [4.69, 9.17) is 4.74 Å². The molecule has 1 aliphatic carbocycles. The Morgan fingerprint density at radius 2 is 1.91 bits per heavy atom. The third-order valence-electron chi connectivity index (χ3n) is 6.31. The molecule has 7 nitrogen and oxygen atoms in total. The van der Waals surface area contributed by atoms with Crippen LogP contribution < -0.4 is 10.3 Å². The van der Waals surface area contributed by atoms with Crippen molar-refractivity contribution < 1.29 is 17.5 Å². The first-order chi connectivity index (χ1) is 15.6. The summed E-state index contributed by atoms with van der Waals surface area (Å²) in [5.41, 5.74) is 2.32. The molecule has 3 rings (SSSR count). The molecular formula is C24H34FN3O4S. The van der Waals surface area contributed by atoms with E-state index in [9.17, 15) is 17.6 Å². The van der Waals surface area contributed by atoms with E-state index in [1.165, 1.54) is 24.7 Å². The fourth-order valence-electron chi connectivity index (χ4n) is 4.37. The number of hydrogen-bond donors (Lipinski definition) is 1. The molecule has 182 valence electrons. The molecule has 0 bridgehead atoms. The fourth-order valence-corrected chi connectivity index (χ4v) is 5.04. The molecular weight excluding hydrogens is 445 g/mol. The van der Waals surface area contributed by atoms with Crippen LogP contribution >= 0.6 is 0 Å². The summed E-state index contributed by atoms with van der Waals surface area (Å²) in [6.45, 7) is 2.21. The number of rotatable bonds is 9. The van der Waals surface area contributed by atoms with Crippen LogP contribution in [0.3, 0.4) is 0 Å². The first-order valence-corrected chi connectivity index (χ1v) is 12.7. The Balaban J connectivity index is 1.67. The van der Waals surface area contributed by atoms with E-state index in [-0.39, 0.29) is 30.6 Å². The van der Waals surface area contributed by atoms with Crippen LogP contribution in [0.4, 0.5) is 4.39 Å². The largest absolute Gasteiger partial charge is 0.378 e. The van der Waals surface area contributed by atoms with E-state index in [1.807, 2.05) is 13.0 Å². The van der Waals surface area contributed by atoms with E-state index < -0.39 is 16.1 Å². The fraction of sp³-hybridized carbons (Fsp3) is 0.542. The first kappa shape index (κ1) is 25.6. The molecule has 1 aromatic heterocycles. The molecule has 1 saturated carbocycles. The summed E-state index contributed by atoms with van der Waals surface area (Å²) >= 11 is 0. The van der Waals surface area contributed by atoms with Gasteiger partial charge in [0.25, 0.3) is 15.8 Å². The Kier molecular flexibility index (Phi) is 8.44. The molecule has 9 heteroatoms. The number of nitrogens with one attached hydrogen (secondary N) is 1. The molecule has 1 unspecified atom stereocenters. The highest BCUT2D eigenvalue weighted by Crippen LogP contribution is 2.34. The number of aryl methyl sites for hydroxylation is 2. The number of nitrogens with zero attached hydrogens (tertiary/aromatic N) is 2. The molecule has 0 saturated heterocycles. The van der Waals surface area contributed by atoms with Gasteiger partial charge in [-0.05, 0) is 67.9 Å². The van der Waals surface area contributed by atoms with Crippen LogP contribution in [-0.4, -0.2) is 50.6 Å². The predicted molar refractivity (Wildman–Crippen MR) is 127 cm³/mol. The molecule has 1 aromatic carbocycles. The Hall–Kier alpha value is -2.07. The molecule has 0 amide bonds. The number of benzene rings is 1. The minimum absolute atomic E-state index is 0.0245. The molecule has 0 spiro atoms. The van der Waals surface area contributed by atoms with Gasteiger partial charge >= 0.3 is 0 Å². The Labute approximate surface area is 195 Å². The van der Waals surface area contributed by atoms with Crippen LogP contribution in [0.2, 0.25) is 0 Å². The first-order valence-electron chi connectivity index (χ1n) is 11.3. The number of hydrogen-bond acceptors (Lipinski definition) is 4. The maximum absolute atomic E-state index is 13.6. The Bertz CT molecular complexity index is 1110. The topological polar surface area (TPSA) is 80.6 Å². The van der Waals surface area contributed by atoms with E-state index in [0.717, 1.165) is 41.1 Å². The van der Waals surface area contributed by atoms with Crippen molar-refractivity contribution in [3.63, 3.8) is 0 Å². The number of halogens is 1. The number of ether oxygens (including phenoxy) is 1. The molecule has 2 aromatic rings. The van der Waals surface area contributed by atoms with Crippen molar-refractivity contribution in [3.05, 3.63) is 69.4 Å². The summed E-state index contributed by atoms with van der Waals surface area (Å²) < 4.78 is 49.5. The van der Waals surface area contributed by atoms with Gasteiger partial charge in [-0.15, -0.1) is 0 Å². The highest BCUT2D eigenvalue weighted by molar-refractivity contribution is 7.87. The summed E-state index contributed by atoms with van der Waals surface area (Å²) in [5.74, 6) is -0.319. The third kappa shape index (κ3) is 6.72. The Morgan fingerprint density at radius 1 is 1.21 bits per heavy atom. The van der Waals surface area contributed by atoms with E-state index in [2.05, 4.69) is 4.72 Å². The molecule has 1 fully saturated rings. The summed E-state index contributed by atoms with van der Waals surface area (Å²) in [6, 6.07) is 8.58. The smallest absolute Gasteiger partial charge is 0.278 e. The summed E-state index contributed by atoms with van der Waals surface area (Å²) in [5, 5.41) is 0. The van der Waals surface area contributed by atoms with E-state index >= 15 is 0 Å². The second-order valence-corrected chi connectivity index (χ2v) is 11.1. The van der Waals surface area contributed by atoms with Crippen molar-refractivity contribution in [2.75, 3.05) is 27.2 Å². The minimum atomic E-state index is -3.63. The predicted octanol–water partition coefficient (Wildman–Crippen LogP) is 3.06. The van der Waals surface area contributed by atoms with Crippen LogP contribution in [0.15, 0.2) is 41.3 Å². The van der Waals surface area contributed by atoms with Gasteiger partial charge in [0.2, 0.25) is 0 Å². The lowest BCUT2D eigenvalue weighted by Gasteiger charge is -2.30. The maximum atomic E-state index is 13.6. The van der Waals surface area contributed by atoms with Gasteiger partial charge in [-0.2, -0.15) is 12.7 Å². The lowest BCUT2D eigenvalue weighted by atomic mass is 9.82. The number of aromatic nitrogens is 1. The normalized spacial score (nSPS) is 20.2. The van der Waals surface area contributed by atoms with Crippen molar-refractivity contribution in [2.24, 2.45) is 7.05 Å². The highest BCUT2D eigenvalue weighted by Gasteiger charge is 2.26. The zero-order valence-electron chi connectivity index (χ0n) is 19.8. The van der Waals surface area contributed by atoms with Crippen LogP contribution in [-0.2, 0) is 22.0 Å². The minimum Gasteiger partial charge on any atom is -0.378 e. The van der Waals surface area contributed by atoms with Crippen molar-refractivity contribution in [2.45, 2.75) is 50.5 Å². The van der Waals surface area contributed by atoms with Gasteiger partial charge in [0, 0.05) is 45.4 Å². The van der Waals surface area contributed by atoms with Gasteiger partial charge in [0.15, 0.2) is 0 Å². The van der Waals surface area contributed by atoms with Crippen LogP contribution in [0, 0.1) is 12.7 Å². The maximum Gasteiger partial charge on any atom is 0.278 e. The molecule has 1 atom stereocenters. The van der Waals surface area contributed by atoms with Gasteiger partial charge in [0.1, 0.15) is 5.82 Å². The molecule has 1 heterocycles. The van der Waals surface area contributed by atoms with Gasteiger partial charge < -0.3 is 9.30 Å². The zero-order valence-corrected chi connectivity index (χ0v) is 20.6. The van der Waals surface area contributed by atoms with Crippen molar-refractivity contribution in [3.8, 4) is 0 Å². The van der Waals surface area contributed by atoms with Gasteiger partial charge in [0.05, 0.1) is 12.7 Å². The van der Waals surface area contributed by atoms with Gasteiger partial charge in [-0.1, -0.05) is 12.1 Å². The average molecular weight is 480 g/mol. The van der Waals surface area contributed by atoms with Gasteiger partial charge in [-0.3, -0.25) is 4.79 Å². The van der Waals surface area contributed by atoms with Crippen LogP contribution in [0.1, 0.15) is 54.2 Å². The SMILES string of the molecule is Cc1cc(C(CNS(=O)(=O)N(C)C)COC2CCC(c3cccc(F)c3)CC2)c(=O)n(C)c1. The van der Waals surface area contributed by atoms with E-state index in [1.54, 1.807) is 31.4 Å². The molecule has 1 aliphatic rings. The number of pyridine rings is 1.